The molecule has 10 heteroatoms. The van der Waals surface area contributed by atoms with E-state index in [1.54, 1.807) is 36.4 Å². The maximum Gasteiger partial charge on any atom is 0.245 e. The van der Waals surface area contributed by atoms with Crippen molar-refractivity contribution in [2.75, 3.05) is 4.90 Å². The maximum absolute atomic E-state index is 15.8. The molecule has 6 rings (SSSR count). The fourth-order valence-corrected chi connectivity index (χ4v) is 5.62. The monoisotopic (exact) mass is 464 g/mol. The lowest BCUT2D eigenvalue weighted by Gasteiger charge is -2.52. The summed E-state index contributed by atoms with van der Waals surface area (Å²) in [6, 6.07) is 5.54. The quantitative estimate of drug-likeness (QED) is 0.594. The summed E-state index contributed by atoms with van der Waals surface area (Å²) in [5.41, 5.74) is 1.20. The molecule has 4 heterocycles. The number of anilines is 1. The molecule has 3 fully saturated rings. The molecule has 1 aromatic carbocycles. The topological polar surface area (TPSA) is 105 Å². The number of aryl methyl sites for hydroxylation is 1. The third-order valence-electron chi connectivity index (χ3n) is 7.46. The predicted octanol–water partition coefficient (Wildman–Crippen LogP) is 3.02. The van der Waals surface area contributed by atoms with Crippen molar-refractivity contribution >= 4 is 5.95 Å². The number of halogens is 1. The Morgan fingerprint density at radius 2 is 2.06 bits per heavy atom. The van der Waals surface area contributed by atoms with E-state index in [0.717, 1.165) is 38.5 Å². The molecule has 2 bridgehead atoms. The van der Waals surface area contributed by atoms with Gasteiger partial charge in [-0.25, -0.2) is 14.4 Å². The van der Waals surface area contributed by atoms with E-state index in [1.807, 2.05) is 13.0 Å². The van der Waals surface area contributed by atoms with Gasteiger partial charge in [-0.1, -0.05) is 6.07 Å². The summed E-state index contributed by atoms with van der Waals surface area (Å²) < 4.78 is 17.4. The standard InChI is InChI=1S/C24H29FN8O/c1-24-9-3-4-15(28-24)11-19(21(24)25)33(16-6-7-16)23-26-12-18(29-30-23)17-8-5-14(10-20(17)34)22-27-13-32(2)31-22/h5,8,10,12-13,15-16,19,21,28,34H,3-4,6-7,9,11H2,1-2H3/t15-,19+,21+,24-/m0/s1. The zero-order chi connectivity index (χ0) is 23.4. The first-order valence-corrected chi connectivity index (χ1v) is 12.0. The smallest absolute Gasteiger partial charge is 0.245 e. The van der Waals surface area contributed by atoms with E-state index < -0.39 is 11.7 Å². The van der Waals surface area contributed by atoms with E-state index in [0.29, 0.717) is 34.6 Å². The SMILES string of the molecule is Cn1cnc(-c2ccc(-c3cnc(N(C4CC4)[C@@H]4C[C@@H]5CCC[C@](C)(N5)[C@@H]4F)nn3)c(O)c2)n1. The summed E-state index contributed by atoms with van der Waals surface area (Å²) in [7, 11) is 1.79. The molecule has 1 saturated carbocycles. The van der Waals surface area contributed by atoms with Gasteiger partial charge in [0.15, 0.2) is 5.82 Å². The molecule has 0 radical (unpaired) electrons. The van der Waals surface area contributed by atoms with E-state index in [-0.39, 0.29) is 17.8 Å². The fraction of sp³-hybridized carbons (Fsp3) is 0.542. The molecule has 2 aromatic heterocycles. The van der Waals surface area contributed by atoms with Gasteiger partial charge in [0.1, 0.15) is 23.9 Å². The zero-order valence-corrected chi connectivity index (χ0v) is 19.4. The Hall–Kier alpha value is -3.14. The van der Waals surface area contributed by atoms with Crippen molar-refractivity contribution in [2.45, 2.75) is 75.3 Å². The molecule has 178 valence electrons. The molecule has 0 unspecified atom stereocenters. The first-order valence-electron chi connectivity index (χ1n) is 12.0. The normalized spacial score (nSPS) is 28.6. The lowest BCUT2D eigenvalue weighted by molar-refractivity contribution is 0.0383. The van der Waals surface area contributed by atoms with Crippen molar-refractivity contribution in [3.05, 3.63) is 30.7 Å². The molecule has 2 N–H and O–H groups in total. The Morgan fingerprint density at radius 1 is 1.21 bits per heavy atom. The second kappa shape index (κ2) is 7.97. The number of aromatic hydroxyl groups is 1. The van der Waals surface area contributed by atoms with Crippen molar-refractivity contribution in [2.24, 2.45) is 7.05 Å². The van der Waals surface area contributed by atoms with Crippen molar-refractivity contribution in [3.63, 3.8) is 0 Å². The minimum atomic E-state index is -0.996. The minimum Gasteiger partial charge on any atom is -0.507 e. The molecule has 4 atom stereocenters. The largest absolute Gasteiger partial charge is 0.507 e. The van der Waals surface area contributed by atoms with Gasteiger partial charge in [0.25, 0.3) is 0 Å². The number of alkyl halides is 1. The Balaban J connectivity index is 1.27. The number of phenols is 1. The van der Waals surface area contributed by atoms with Gasteiger partial charge in [0.05, 0.1) is 12.2 Å². The van der Waals surface area contributed by atoms with Crippen LogP contribution in [0.5, 0.6) is 5.75 Å². The number of piperidine rings is 2. The van der Waals surface area contributed by atoms with Crippen LogP contribution in [0.25, 0.3) is 22.6 Å². The van der Waals surface area contributed by atoms with Crippen LogP contribution in [0.15, 0.2) is 30.7 Å². The van der Waals surface area contributed by atoms with E-state index >= 15 is 4.39 Å². The first kappa shape index (κ1) is 21.4. The number of nitrogens with zero attached hydrogens (tertiary/aromatic N) is 7. The molecule has 3 aromatic rings. The molecule has 9 nitrogen and oxygen atoms in total. The summed E-state index contributed by atoms with van der Waals surface area (Å²) in [6.45, 7) is 2.01. The highest BCUT2D eigenvalue weighted by Gasteiger charge is 2.52. The van der Waals surface area contributed by atoms with Crippen LogP contribution in [0, 0.1) is 0 Å². The van der Waals surface area contributed by atoms with Crippen molar-refractivity contribution in [1.29, 1.82) is 0 Å². The summed E-state index contributed by atoms with van der Waals surface area (Å²) in [5.74, 6) is 1.05. The average Bonchev–Trinajstić information content (AvgIpc) is 3.56. The zero-order valence-electron chi connectivity index (χ0n) is 19.4. The number of benzene rings is 1. The number of aromatic nitrogens is 6. The Bertz CT molecular complexity index is 1200. The summed E-state index contributed by atoms with van der Waals surface area (Å²) in [6.07, 6.45) is 8.02. The summed E-state index contributed by atoms with van der Waals surface area (Å²) in [5, 5.41) is 27.2. The van der Waals surface area contributed by atoms with Gasteiger partial charge in [0, 0.05) is 35.8 Å². The van der Waals surface area contributed by atoms with Crippen LogP contribution >= 0.6 is 0 Å². The summed E-state index contributed by atoms with van der Waals surface area (Å²) >= 11 is 0. The van der Waals surface area contributed by atoms with Gasteiger partial charge in [-0.3, -0.25) is 4.68 Å². The molecule has 2 saturated heterocycles. The van der Waals surface area contributed by atoms with Crippen LogP contribution in [0.2, 0.25) is 0 Å². The van der Waals surface area contributed by atoms with Crippen LogP contribution < -0.4 is 10.2 Å². The molecular formula is C24H29FN8O. The first-order chi connectivity index (χ1) is 16.4. The van der Waals surface area contributed by atoms with Crippen molar-refractivity contribution < 1.29 is 9.50 Å². The Morgan fingerprint density at radius 3 is 2.74 bits per heavy atom. The molecular weight excluding hydrogens is 435 g/mol. The van der Waals surface area contributed by atoms with Gasteiger partial charge in [-0.15, -0.1) is 10.2 Å². The third kappa shape index (κ3) is 3.70. The minimum absolute atomic E-state index is 0.0516. The molecule has 0 amide bonds. The number of hydrogen-bond acceptors (Lipinski definition) is 8. The molecule has 34 heavy (non-hydrogen) atoms. The van der Waals surface area contributed by atoms with Crippen molar-refractivity contribution in [1.82, 2.24) is 35.3 Å². The lowest BCUT2D eigenvalue weighted by atomic mass is 9.73. The van der Waals surface area contributed by atoms with Gasteiger partial charge >= 0.3 is 0 Å². The van der Waals surface area contributed by atoms with Gasteiger partial charge in [-0.2, -0.15) is 5.10 Å². The van der Waals surface area contributed by atoms with Gasteiger partial charge < -0.3 is 15.3 Å². The molecule has 0 spiro atoms. The lowest BCUT2D eigenvalue weighted by Crippen LogP contribution is -2.69. The Kier molecular flexibility index (Phi) is 5.02. The van der Waals surface area contributed by atoms with E-state index in [2.05, 4.69) is 35.5 Å². The van der Waals surface area contributed by atoms with E-state index in [9.17, 15) is 5.11 Å². The number of nitrogens with one attached hydrogen (secondary N) is 1. The van der Waals surface area contributed by atoms with Crippen LogP contribution in [-0.4, -0.2) is 64.9 Å². The average molecular weight is 465 g/mol. The summed E-state index contributed by atoms with van der Waals surface area (Å²) in [4.78, 5) is 10.9. The van der Waals surface area contributed by atoms with E-state index in [4.69, 9.17) is 0 Å². The number of fused-ring (bicyclic) bond motifs is 2. The molecule has 1 aliphatic carbocycles. The predicted molar refractivity (Wildman–Crippen MR) is 125 cm³/mol. The van der Waals surface area contributed by atoms with E-state index in [1.165, 1.54) is 0 Å². The number of rotatable bonds is 5. The van der Waals surface area contributed by atoms with Crippen LogP contribution in [0.1, 0.15) is 45.4 Å². The Labute approximate surface area is 197 Å². The highest BCUT2D eigenvalue weighted by Crippen LogP contribution is 2.42. The number of hydrogen-bond donors (Lipinski definition) is 2. The fourth-order valence-electron chi connectivity index (χ4n) is 5.62. The molecule has 2 aliphatic heterocycles. The number of phenolic OH excluding ortho intramolecular Hbond substituents is 1. The second-order valence-corrected chi connectivity index (χ2v) is 10.1. The van der Waals surface area contributed by atoms with Crippen LogP contribution in [0.3, 0.4) is 0 Å². The maximum atomic E-state index is 15.8. The molecule has 3 aliphatic rings. The van der Waals surface area contributed by atoms with Gasteiger partial charge in [-0.05, 0) is 57.6 Å². The highest BCUT2D eigenvalue weighted by molar-refractivity contribution is 5.71. The second-order valence-electron chi connectivity index (χ2n) is 10.1. The third-order valence-corrected chi connectivity index (χ3v) is 7.46. The highest BCUT2D eigenvalue weighted by atomic mass is 19.1. The van der Waals surface area contributed by atoms with Gasteiger partial charge in [0.2, 0.25) is 5.95 Å². The van der Waals surface area contributed by atoms with Crippen molar-refractivity contribution in [3.8, 4) is 28.4 Å². The van der Waals surface area contributed by atoms with Crippen LogP contribution in [-0.2, 0) is 7.05 Å². The van der Waals surface area contributed by atoms with Crippen LogP contribution in [0.4, 0.5) is 10.3 Å².